The normalized spacial score (nSPS) is 12.0. The van der Waals surface area contributed by atoms with Crippen molar-refractivity contribution >= 4 is 35.0 Å². The van der Waals surface area contributed by atoms with E-state index in [-0.39, 0.29) is 11.2 Å². The van der Waals surface area contributed by atoms with Crippen molar-refractivity contribution in [1.82, 2.24) is 20.2 Å². The van der Waals surface area contributed by atoms with E-state index in [1.807, 2.05) is 57.2 Å². The summed E-state index contributed by atoms with van der Waals surface area (Å²) in [5, 5.41) is 15.6. The van der Waals surface area contributed by atoms with E-state index >= 15 is 0 Å². The molecule has 134 valence electrons. The third-order valence-electron chi connectivity index (χ3n) is 3.96. The summed E-state index contributed by atoms with van der Waals surface area (Å²) in [4.78, 5) is 12.6. The van der Waals surface area contributed by atoms with Crippen LogP contribution in [0.2, 0.25) is 5.02 Å². The standard InChI is InChI=1S/C18H18ClN5OS/c1-11-7-4-5-10-16(11)24-18(21-22-23-24)26-13(3)17(25)20-15-9-6-8-14(19)12(15)2/h4-10,13H,1-3H3,(H,20,25)/t13-/m1/s1. The lowest BCUT2D eigenvalue weighted by Crippen LogP contribution is -2.23. The second kappa shape index (κ2) is 7.88. The summed E-state index contributed by atoms with van der Waals surface area (Å²) in [5.74, 6) is -0.139. The minimum atomic E-state index is -0.387. The summed E-state index contributed by atoms with van der Waals surface area (Å²) in [5.41, 5.74) is 3.48. The Morgan fingerprint density at radius 3 is 2.73 bits per heavy atom. The summed E-state index contributed by atoms with van der Waals surface area (Å²) in [6.45, 7) is 5.68. The number of carbonyl (C=O) groups excluding carboxylic acids is 1. The third-order valence-corrected chi connectivity index (χ3v) is 5.40. The van der Waals surface area contributed by atoms with Crippen molar-refractivity contribution in [3.63, 3.8) is 0 Å². The molecule has 0 aliphatic rings. The van der Waals surface area contributed by atoms with E-state index in [0.29, 0.717) is 15.9 Å². The number of nitrogens with zero attached hydrogens (tertiary/aromatic N) is 4. The van der Waals surface area contributed by atoms with Gasteiger partial charge in [0.2, 0.25) is 11.1 Å². The Balaban J connectivity index is 1.76. The van der Waals surface area contributed by atoms with Crippen LogP contribution in [0.4, 0.5) is 5.69 Å². The molecule has 0 fully saturated rings. The van der Waals surface area contributed by atoms with Crippen molar-refractivity contribution in [2.45, 2.75) is 31.2 Å². The van der Waals surface area contributed by atoms with Crippen LogP contribution in [0, 0.1) is 13.8 Å². The zero-order chi connectivity index (χ0) is 18.7. The molecule has 0 aliphatic carbocycles. The van der Waals surface area contributed by atoms with Gasteiger partial charge in [-0.15, -0.1) is 5.10 Å². The Kier molecular flexibility index (Phi) is 5.58. The number of benzene rings is 2. The van der Waals surface area contributed by atoms with Crippen molar-refractivity contribution in [1.29, 1.82) is 0 Å². The Hall–Kier alpha value is -2.38. The molecule has 3 rings (SSSR count). The van der Waals surface area contributed by atoms with Crippen LogP contribution in [0.25, 0.3) is 5.69 Å². The number of para-hydroxylation sites is 1. The molecule has 0 saturated heterocycles. The number of carbonyl (C=O) groups is 1. The Bertz CT molecular complexity index is 943. The van der Waals surface area contributed by atoms with Gasteiger partial charge in [-0.3, -0.25) is 4.79 Å². The molecule has 26 heavy (non-hydrogen) atoms. The second-order valence-electron chi connectivity index (χ2n) is 5.82. The summed E-state index contributed by atoms with van der Waals surface area (Å²) < 4.78 is 1.65. The van der Waals surface area contributed by atoms with Crippen molar-refractivity contribution in [2.24, 2.45) is 0 Å². The number of tetrazole rings is 1. The number of thioether (sulfide) groups is 1. The number of nitrogens with one attached hydrogen (secondary N) is 1. The highest BCUT2D eigenvalue weighted by Crippen LogP contribution is 2.27. The van der Waals surface area contributed by atoms with Gasteiger partial charge in [-0.05, 0) is 60.5 Å². The SMILES string of the molecule is Cc1ccccc1-n1nnnc1S[C@H](C)C(=O)Nc1cccc(Cl)c1C. The molecule has 1 aromatic heterocycles. The van der Waals surface area contributed by atoms with Crippen LogP contribution in [0.3, 0.4) is 0 Å². The molecule has 1 heterocycles. The number of aromatic nitrogens is 4. The molecule has 1 N–H and O–H groups in total. The fourth-order valence-corrected chi connectivity index (χ4v) is 3.37. The predicted molar refractivity (Wildman–Crippen MR) is 104 cm³/mol. The van der Waals surface area contributed by atoms with Crippen LogP contribution in [-0.4, -0.2) is 31.4 Å². The smallest absolute Gasteiger partial charge is 0.237 e. The lowest BCUT2D eigenvalue weighted by Gasteiger charge is -2.14. The second-order valence-corrected chi connectivity index (χ2v) is 7.54. The number of amides is 1. The molecule has 3 aromatic rings. The van der Waals surface area contributed by atoms with Gasteiger partial charge < -0.3 is 5.32 Å². The number of anilines is 1. The van der Waals surface area contributed by atoms with E-state index in [9.17, 15) is 4.79 Å². The molecule has 0 bridgehead atoms. The molecule has 0 radical (unpaired) electrons. The van der Waals surface area contributed by atoms with Gasteiger partial charge in [0.05, 0.1) is 10.9 Å². The van der Waals surface area contributed by atoms with E-state index < -0.39 is 0 Å². The summed E-state index contributed by atoms with van der Waals surface area (Å²) in [6, 6.07) is 13.2. The molecule has 1 atom stereocenters. The predicted octanol–water partition coefficient (Wildman–Crippen LogP) is 4.05. The minimum Gasteiger partial charge on any atom is -0.325 e. The number of hydrogen-bond acceptors (Lipinski definition) is 5. The zero-order valence-corrected chi connectivity index (χ0v) is 16.2. The van der Waals surface area contributed by atoms with Gasteiger partial charge in [0.25, 0.3) is 0 Å². The Labute approximate surface area is 160 Å². The van der Waals surface area contributed by atoms with Gasteiger partial charge in [0.15, 0.2) is 0 Å². The summed E-state index contributed by atoms with van der Waals surface area (Å²) in [7, 11) is 0. The summed E-state index contributed by atoms with van der Waals surface area (Å²) in [6.07, 6.45) is 0. The molecule has 1 amide bonds. The number of aryl methyl sites for hydroxylation is 1. The van der Waals surface area contributed by atoms with Gasteiger partial charge in [-0.25, -0.2) is 0 Å². The van der Waals surface area contributed by atoms with Crippen LogP contribution >= 0.6 is 23.4 Å². The third kappa shape index (κ3) is 3.89. The van der Waals surface area contributed by atoms with Gasteiger partial charge in [0, 0.05) is 10.7 Å². The molecule has 2 aromatic carbocycles. The topological polar surface area (TPSA) is 72.7 Å². The Morgan fingerprint density at radius 2 is 1.96 bits per heavy atom. The van der Waals surface area contributed by atoms with Gasteiger partial charge in [0.1, 0.15) is 0 Å². The van der Waals surface area contributed by atoms with Crippen molar-refractivity contribution in [3.8, 4) is 5.69 Å². The maximum absolute atomic E-state index is 12.6. The Morgan fingerprint density at radius 1 is 1.19 bits per heavy atom. The highest BCUT2D eigenvalue weighted by molar-refractivity contribution is 8.00. The first-order valence-electron chi connectivity index (χ1n) is 8.04. The van der Waals surface area contributed by atoms with Crippen molar-refractivity contribution in [2.75, 3.05) is 5.32 Å². The summed E-state index contributed by atoms with van der Waals surface area (Å²) >= 11 is 7.41. The molecule has 0 unspecified atom stereocenters. The molecular weight excluding hydrogens is 370 g/mol. The lowest BCUT2D eigenvalue weighted by atomic mass is 10.2. The van der Waals surface area contributed by atoms with E-state index in [0.717, 1.165) is 16.8 Å². The maximum Gasteiger partial charge on any atom is 0.237 e. The van der Waals surface area contributed by atoms with Gasteiger partial charge >= 0.3 is 0 Å². The fourth-order valence-electron chi connectivity index (χ4n) is 2.39. The van der Waals surface area contributed by atoms with Crippen LogP contribution in [0.5, 0.6) is 0 Å². The number of hydrogen-bond donors (Lipinski definition) is 1. The maximum atomic E-state index is 12.6. The first-order chi connectivity index (χ1) is 12.5. The molecule has 6 nitrogen and oxygen atoms in total. The minimum absolute atomic E-state index is 0.139. The van der Waals surface area contributed by atoms with Crippen LogP contribution in [0.15, 0.2) is 47.6 Å². The van der Waals surface area contributed by atoms with E-state index in [1.165, 1.54) is 11.8 Å². The molecule has 8 heteroatoms. The average Bonchev–Trinajstić information content (AvgIpc) is 3.07. The molecule has 0 spiro atoms. The number of rotatable bonds is 5. The monoisotopic (exact) mass is 387 g/mol. The largest absolute Gasteiger partial charge is 0.325 e. The first kappa shape index (κ1) is 18.4. The fraction of sp³-hybridized carbons (Fsp3) is 0.222. The first-order valence-corrected chi connectivity index (χ1v) is 9.30. The molecular formula is C18H18ClN5OS. The lowest BCUT2D eigenvalue weighted by molar-refractivity contribution is -0.115. The highest BCUT2D eigenvalue weighted by Gasteiger charge is 2.20. The van der Waals surface area contributed by atoms with Crippen LogP contribution in [0.1, 0.15) is 18.1 Å². The van der Waals surface area contributed by atoms with E-state index in [4.69, 9.17) is 11.6 Å². The van der Waals surface area contributed by atoms with Gasteiger partial charge in [-0.2, -0.15) is 4.68 Å². The molecule has 0 saturated carbocycles. The van der Waals surface area contributed by atoms with E-state index in [1.54, 1.807) is 10.7 Å². The van der Waals surface area contributed by atoms with Gasteiger partial charge in [-0.1, -0.05) is 47.6 Å². The quantitative estimate of drug-likeness (QED) is 0.668. The van der Waals surface area contributed by atoms with Crippen LogP contribution in [-0.2, 0) is 4.79 Å². The molecule has 0 aliphatic heterocycles. The van der Waals surface area contributed by atoms with Crippen molar-refractivity contribution < 1.29 is 4.79 Å². The highest BCUT2D eigenvalue weighted by atomic mass is 35.5. The average molecular weight is 388 g/mol. The van der Waals surface area contributed by atoms with E-state index in [2.05, 4.69) is 20.8 Å². The van der Waals surface area contributed by atoms with Crippen molar-refractivity contribution in [3.05, 3.63) is 58.6 Å². The van der Waals surface area contributed by atoms with Crippen LogP contribution < -0.4 is 5.32 Å². The number of halogens is 1. The zero-order valence-electron chi connectivity index (χ0n) is 14.6.